The van der Waals surface area contributed by atoms with E-state index in [0.717, 1.165) is 5.02 Å². The lowest BCUT2D eigenvalue weighted by Crippen LogP contribution is -1.96. The average Bonchev–Trinajstić information content (AvgIpc) is 2.70. The largest absolute Gasteiger partial charge is 0.0843 e. The highest BCUT2D eigenvalue weighted by atomic mass is 35.5. The number of halogens is 1. The molecule has 1 heteroatoms. The Morgan fingerprint density at radius 1 is 0.630 bits per heavy atom. The van der Waals surface area contributed by atoms with Crippen molar-refractivity contribution >= 4 is 11.6 Å². The Balaban J connectivity index is 1.62. The summed E-state index contributed by atoms with van der Waals surface area (Å²) in [5.74, 6) is 0.411. The minimum Gasteiger partial charge on any atom is -0.0843 e. The molecule has 0 saturated heterocycles. The first kappa shape index (κ1) is 22.0. The van der Waals surface area contributed by atoms with Gasteiger partial charge in [-0.1, -0.05) is 120 Å². The quantitative estimate of drug-likeness (QED) is 0.302. The summed E-state index contributed by atoms with van der Waals surface area (Å²) in [5.41, 5.74) is 4.17. The van der Waals surface area contributed by atoms with E-state index in [1.165, 1.54) is 87.3 Å². The molecule has 1 unspecified atom stereocenters. The van der Waals surface area contributed by atoms with Crippen molar-refractivity contribution in [3.63, 3.8) is 0 Å². The monoisotopic (exact) mass is 384 g/mol. The summed E-state index contributed by atoms with van der Waals surface area (Å²) in [6, 6.07) is 17.4. The molecule has 0 nitrogen and oxygen atoms in total. The van der Waals surface area contributed by atoms with Crippen molar-refractivity contribution in [3.05, 3.63) is 70.2 Å². The van der Waals surface area contributed by atoms with Gasteiger partial charge in [-0.3, -0.25) is 0 Å². The Morgan fingerprint density at radius 3 is 1.59 bits per heavy atom. The van der Waals surface area contributed by atoms with E-state index in [1.807, 2.05) is 12.1 Å². The molecule has 148 valence electrons. The number of rotatable bonds is 13. The molecule has 0 amide bonds. The third-order valence-corrected chi connectivity index (χ3v) is 5.92. The molecule has 0 saturated carbocycles. The van der Waals surface area contributed by atoms with Crippen LogP contribution in [0.15, 0.2) is 48.5 Å². The number of hydrogen-bond donors (Lipinski definition) is 0. The predicted octanol–water partition coefficient (Wildman–Crippen LogP) is 8.96. The highest BCUT2D eigenvalue weighted by Gasteiger charge is 2.08. The molecule has 0 aliphatic rings. The first-order valence-corrected chi connectivity index (χ1v) is 11.4. The van der Waals surface area contributed by atoms with Crippen molar-refractivity contribution in [2.75, 3.05) is 0 Å². The summed E-state index contributed by atoms with van der Waals surface area (Å²) in [5, 5.41) is 0.804. The van der Waals surface area contributed by atoms with Crippen molar-refractivity contribution in [3.8, 4) is 0 Å². The molecule has 0 N–H and O–H groups in total. The van der Waals surface area contributed by atoms with Crippen LogP contribution in [0.1, 0.15) is 101 Å². The van der Waals surface area contributed by atoms with Crippen LogP contribution in [0.3, 0.4) is 0 Å². The van der Waals surface area contributed by atoms with Crippen molar-refractivity contribution in [2.24, 2.45) is 0 Å². The van der Waals surface area contributed by atoms with Gasteiger partial charge in [-0.15, -0.1) is 0 Å². The first-order chi connectivity index (χ1) is 13.2. The van der Waals surface area contributed by atoms with Crippen LogP contribution in [-0.2, 0) is 6.42 Å². The van der Waals surface area contributed by atoms with Crippen molar-refractivity contribution in [1.29, 1.82) is 0 Å². The van der Waals surface area contributed by atoms with Gasteiger partial charge in [0.2, 0.25) is 0 Å². The molecule has 0 aromatic heterocycles. The molecule has 0 fully saturated rings. The molecule has 0 radical (unpaired) electrons. The maximum atomic E-state index is 6.00. The Hall–Kier alpha value is -1.27. The van der Waals surface area contributed by atoms with Crippen LogP contribution in [0.5, 0.6) is 0 Å². The predicted molar refractivity (Wildman–Crippen MR) is 121 cm³/mol. The van der Waals surface area contributed by atoms with Crippen molar-refractivity contribution in [1.82, 2.24) is 0 Å². The summed E-state index contributed by atoms with van der Waals surface area (Å²) in [6.45, 7) is 4.55. The van der Waals surface area contributed by atoms with Gasteiger partial charge >= 0.3 is 0 Å². The van der Waals surface area contributed by atoms with E-state index in [2.05, 4.69) is 50.2 Å². The van der Waals surface area contributed by atoms with Crippen LogP contribution < -0.4 is 0 Å². The summed E-state index contributed by atoms with van der Waals surface area (Å²) in [4.78, 5) is 0. The Labute approximate surface area is 172 Å². The van der Waals surface area contributed by atoms with E-state index >= 15 is 0 Å². The highest BCUT2D eigenvalue weighted by molar-refractivity contribution is 6.30. The third kappa shape index (κ3) is 8.52. The molecule has 0 bridgehead atoms. The molecule has 2 aromatic rings. The number of aryl methyl sites for hydroxylation is 1. The van der Waals surface area contributed by atoms with Crippen LogP contribution in [0.4, 0.5) is 0 Å². The normalized spacial score (nSPS) is 12.3. The standard InChI is InChI=1S/C26H37Cl/c1-3-4-5-6-7-8-9-10-11-12-13-23-14-16-24(17-15-23)22(2)25-18-20-26(27)21-19-25/h14-22H,3-13H2,1-2H3. The number of unbranched alkanes of at least 4 members (excludes halogenated alkanes) is 9. The van der Waals surface area contributed by atoms with E-state index in [9.17, 15) is 0 Å². The van der Waals surface area contributed by atoms with Crippen LogP contribution in [0, 0.1) is 0 Å². The molecule has 0 spiro atoms. The smallest absolute Gasteiger partial charge is 0.0406 e. The van der Waals surface area contributed by atoms with E-state index in [1.54, 1.807) is 0 Å². The molecular weight excluding hydrogens is 348 g/mol. The highest BCUT2D eigenvalue weighted by Crippen LogP contribution is 2.25. The van der Waals surface area contributed by atoms with Gasteiger partial charge < -0.3 is 0 Å². The summed E-state index contributed by atoms with van der Waals surface area (Å²) in [6.07, 6.45) is 15.2. The molecule has 1 atom stereocenters. The van der Waals surface area contributed by atoms with Gasteiger partial charge in [-0.25, -0.2) is 0 Å². The molecule has 27 heavy (non-hydrogen) atoms. The number of benzene rings is 2. The van der Waals surface area contributed by atoms with Gasteiger partial charge in [-0.05, 0) is 41.7 Å². The van der Waals surface area contributed by atoms with Gasteiger partial charge in [0.05, 0.1) is 0 Å². The molecule has 0 aliphatic carbocycles. The third-order valence-electron chi connectivity index (χ3n) is 5.67. The second-order valence-corrected chi connectivity index (χ2v) is 8.38. The zero-order valence-electron chi connectivity index (χ0n) is 17.4. The van der Waals surface area contributed by atoms with Gasteiger partial charge in [-0.2, -0.15) is 0 Å². The second kappa shape index (κ2) is 13.0. The second-order valence-electron chi connectivity index (χ2n) is 7.95. The Bertz CT molecular complexity index is 612. The molecule has 0 aliphatic heterocycles. The van der Waals surface area contributed by atoms with Crippen LogP contribution in [-0.4, -0.2) is 0 Å². The first-order valence-electron chi connectivity index (χ1n) is 11.0. The van der Waals surface area contributed by atoms with Gasteiger partial charge in [0.15, 0.2) is 0 Å². The van der Waals surface area contributed by atoms with Gasteiger partial charge in [0.1, 0.15) is 0 Å². The van der Waals surface area contributed by atoms with E-state index < -0.39 is 0 Å². The number of hydrogen-bond acceptors (Lipinski definition) is 0. The topological polar surface area (TPSA) is 0 Å². The fourth-order valence-electron chi connectivity index (χ4n) is 3.73. The average molecular weight is 385 g/mol. The lowest BCUT2D eigenvalue weighted by atomic mass is 9.92. The Kier molecular flexibility index (Phi) is 10.6. The maximum absolute atomic E-state index is 6.00. The van der Waals surface area contributed by atoms with Crippen molar-refractivity contribution < 1.29 is 0 Å². The lowest BCUT2D eigenvalue weighted by molar-refractivity contribution is 0.556. The molecule has 0 heterocycles. The molecule has 2 rings (SSSR count). The Morgan fingerprint density at radius 2 is 1.07 bits per heavy atom. The summed E-state index contributed by atoms with van der Waals surface area (Å²) < 4.78 is 0. The zero-order chi connectivity index (χ0) is 19.3. The SMILES string of the molecule is CCCCCCCCCCCCc1ccc(C(C)c2ccc(Cl)cc2)cc1. The molecular formula is C26H37Cl. The van der Waals surface area contributed by atoms with Gasteiger partial charge in [0.25, 0.3) is 0 Å². The maximum Gasteiger partial charge on any atom is 0.0406 e. The minimum atomic E-state index is 0.411. The minimum absolute atomic E-state index is 0.411. The summed E-state index contributed by atoms with van der Waals surface area (Å²) in [7, 11) is 0. The fraction of sp³-hybridized carbons (Fsp3) is 0.538. The van der Waals surface area contributed by atoms with Crippen LogP contribution in [0.25, 0.3) is 0 Å². The van der Waals surface area contributed by atoms with E-state index in [4.69, 9.17) is 11.6 Å². The van der Waals surface area contributed by atoms with Gasteiger partial charge in [0, 0.05) is 10.9 Å². The van der Waals surface area contributed by atoms with E-state index in [-0.39, 0.29) is 0 Å². The molecule has 2 aromatic carbocycles. The van der Waals surface area contributed by atoms with Crippen LogP contribution >= 0.6 is 11.6 Å². The lowest BCUT2D eigenvalue weighted by Gasteiger charge is -2.13. The van der Waals surface area contributed by atoms with Crippen LogP contribution in [0.2, 0.25) is 5.02 Å². The fourth-order valence-corrected chi connectivity index (χ4v) is 3.86. The zero-order valence-corrected chi connectivity index (χ0v) is 18.1. The summed E-state index contributed by atoms with van der Waals surface area (Å²) >= 11 is 6.00. The van der Waals surface area contributed by atoms with Crippen molar-refractivity contribution in [2.45, 2.75) is 90.4 Å². The van der Waals surface area contributed by atoms with E-state index in [0.29, 0.717) is 5.92 Å².